The van der Waals surface area contributed by atoms with E-state index in [0.29, 0.717) is 5.69 Å². The summed E-state index contributed by atoms with van der Waals surface area (Å²) in [4.78, 5) is 73.7. The zero-order valence-electron chi connectivity index (χ0n) is 25.0. The van der Waals surface area contributed by atoms with Gasteiger partial charge in [-0.15, -0.1) is 0 Å². The van der Waals surface area contributed by atoms with E-state index in [0.717, 1.165) is 0 Å². The van der Waals surface area contributed by atoms with Crippen LogP contribution in [-0.2, 0) is 23.9 Å². The maximum Gasteiger partial charge on any atom is 0.408 e. The number of carbonyl (C=O) groups is 5. The Morgan fingerprint density at radius 3 is 1.61 bits per heavy atom. The molecular weight excluding hydrogens is 536 g/mol. The minimum absolute atomic E-state index is 0.135. The van der Waals surface area contributed by atoms with Gasteiger partial charge in [-0.3, -0.25) is 29.3 Å². The molecule has 0 radical (unpaired) electrons. The Morgan fingerprint density at radius 1 is 0.707 bits per heavy atom. The van der Waals surface area contributed by atoms with Gasteiger partial charge in [0, 0.05) is 17.8 Å². The van der Waals surface area contributed by atoms with Crippen molar-refractivity contribution in [2.45, 2.75) is 92.1 Å². The van der Waals surface area contributed by atoms with Crippen LogP contribution in [0.2, 0.25) is 0 Å². The second kappa shape index (κ2) is 15.0. The summed E-state index contributed by atoms with van der Waals surface area (Å²) in [5.74, 6) is -3.12. The normalized spacial score (nSPS) is 14.2. The molecule has 1 aromatic carbocycles. The number of benzene rings is 1. The molecule has 228 valence electrons. The molecule has 1 rings (SSSR count). The molecule has 14 nitrogen and oxygen atoms in total. The van der Waals surface area contributed by atoms with Gasteiger partial charge in [-0.25, -0.2) is 4.79 Å². The first-order valence-corrected chi connectivity index (χ1v) is 13.3. The van der Waals surface area contributed by atoms with E-state index in [4.69, 9.17) is 4.74 Å². The molecule has 0 aromatic heterocycles. The second-order valence-corrected chi connectivity index (χ2v) is 11.4. The van der Waals surface area contributed by atoms with Crippen molar-refractivity contribution in [1.82, 2.24) is 21.3 Å². The van der Waals surface area contributed by atoms with Gasteiger partial charge < -0.3 is 31.3 Å². The number of nitro groups is 1. The van der Waals surface area contributed by atoms with Crippen LogP contribution in [0.4, 0.5) is 16.2 Å². The molecular formula is C27H42N6O8. The Balaban J connectivity index is 2.78. The Kier molecular flexibility index (Phi) is 12.7. The number of alkyl carbamates (subject to hydrolysis) is 1. The van der Waals surface area contributed by atoms with Crippen molar-refractivity contribution in [2.75, 3.05) is 5.32 Å². The fourth-order valence-electron chi connectivity index (χ4n) is 3.44. The number of non-ortho nitro benzene ring substituents is 1. The van der Waals surface area contributed by atoms with Gasteiger partial charge in [0.2, 0.25) is 23.6 Å². The summed E-state index contributed by atoms with van der Waals surface area (Å²) in [6.07, 6.45) is -0.770. The van der Waals surface area contributed by atoms with Gasteiger partial charge in [0.05, 0.1) is 4.92 Å². The summed E-state index contributed by atoms with van der Waals surface area (Å²) in [5.41, 5.74) is -0.592. The zero-order valence-corrected chi connectivity index (χ0v) is 25.0. The minimum Gasteiger partial charge on any atom is -0.444 e. The van der Waals surface area contributed by atoms with Crippen molar-refractivity contribution in [1.29, 1.82) is 0 Å². The standard InChI is InChI=1S/C27H42N6O8/c1-14(2)20(31-25(37)21(15(3)4)32-26(38)41-27(7,8)9)24(36)29-16(5)22(34)28-17(6)23(35)30-18-10-12-19(13-11-18)33(39)40/h10-17,20-21H,1-9H3,(H,28,34)(H,29,36)(H,30,35)(H,31,37)(H,32,38)/t16-,17-,20+,21-/m0/s1. The number of nitrogens with zero attached hydrogens (tertiary/aromatic N) is 1. The molecule has 14 heteroatoms. The topological polar surface area (TPSA) is 198 Å². The molecule has 5 amide bonds. The lowest BCUT2D eigenvalue weighted by molar-refractivity contribution is -0.384. The molecule has 0 fully saturated rings. The molecule has 41 heavy (non-hydrogen) atoms. The molecule has 1 aromatic rings. The Labute approximate surface area is 239 Å². The van der Waals surface area contributed by atoms with E-state index in [1.165, 1.54) is 38.1 Å². The average Bonchev–Trinajstić information content (AvgIpc) is 2.84. The van der Waals surface area contributed by atoms with Crippen molar-refractivity contribution in [2.24, 2.45) is 11.8 Å². The van der Waals surface area contributed by atoms with Crippen LogP contribution in [0.1, 0.15) is 62.3 Å². The molecule has 0 saturated heterocycles. The quantitative estimate of drug-likeness (QED) is 0.184. The third kappa shape index (κ3) is 11.8. The van der Waals surface area contributed by atoms with Crippen molar-refractivity contribution in [3.05, 3.63) is 34.4 Å². The van der Waals surface area contributed by atoms with Crippen LogP contribution in [0.5, 0.6) is 0 Å². The van der Waals surface area contributed by atoms with E-state index in [9.17, 15) is 34.1 Å². The van der Waals surface area contributed by atoms with Crippen molar-refractivity contribution < 1.29 is 33.6 Å². The number of nitrogens with one attached hydrogen (secondary N) is 5. The van der Waals surface area contributed by atoms with Gasteiger partial charge >= 0.3 is 6.09 Å². The number of ether oxygens (including phenoxy) is 1. The average molecular weight is 579 g/mol. The highest BCUT2D eigenvalue weighted by atomic mass is 16.6. The molecule has 0 unspecified atom stereocenters. The second-order valence-electron chi connectivity index (χ2n) is 11.4. The van der Waals surface area contributed by atoms with Gasteiger partial charge in [0.25, 0.3) is 5.69 Å². The monoisotopic (exact) mass is 578 g/mol. The van der Waals surface area contributed by atoms with Gasteiger partial charge in [0.1, 0.15) is 29.8 Å². The molecule has 0 saturated carbocycles. The third-order valence-corrected chi connectivity index (χ3v) is 5.72. The molecule has 5 N–H and O–H groups in total. The van der Waals surface area contributed by atoms with E-state index in [1.807, 2.05) is 0 Å². The maximum absolute atomic E-state index is 13.0. The summed E-state index contributed by atoms with van der Waals surface area (Å²) < 4.78 is 5.24. The van der Waals surface area contributed by atoms with Crippen molar-refractivity contribution in [3.8, 4) is 0 Å². The highest BCUT2D eigenvalue weighted by Crippen LogP contribution is 2.15. The first-order chi connectivity index (χ1) is 18.8. The highest BCUT2D eigenvalue weighted by molar-refractivity contribution is 5.98. The van der Waals surface area contributed by atoms with Crippen molar-refractivity contribution in [3.63, 3.8) is 0 Å². The van der Waals surface area contributed by atoms with Crippen LogP contribution in [0.3, 0.4) is 0 Å². The minimum atomic E-state index is -1.06. The van der Waals surface area contributed by atoms with Gasteiger partial charge in [-0.2, -0.15) is 0 Å². The molecule has 0 bridgehead atoms. The van der Waals surface area contributed by atoms with E-state index >= 15 is 0 Å². The zero-order chi connectivity index (χ0) is 31.7. The third-order valence-electron chi connectivity index (χ3n) is 5.72. The van der Waals surface area contributed by atoms with Crippen molar-refractivity contribution >= 4 is 41.1 Å². The van der Waals surface area contributed by atoms with Crippen LogP contribution in [0.25, 0.3) is 0 Å². The molecule has 4 atom stereocenters. The van der Waals surface area contributed by atoms with Crippen LogP contribution >= 0.6 is 0 Å². The Morgan fingerprint density at radius 2 is 1.15 bits per heavy atom. The highest BCUT2D eigenvalue weighted by Gasteiger charge is 2.33. The smallest absolute Gasteiger partial charge is 0.408 e. The SMILES string of the molecule is CC(C)[C@H](NC(=O)OC(C)(C)C)C(=O)N[C@@H](C(=O)N[C@@H](C)C(=O)N[C@@H](C)C(=O)Nc1ccc([N+](=O)[O-])cc1)C(C)C. The Bertz CT molecular complexity index is 1110. The van der Waals surface area contributed by atoms with Crippen LogP contribution in [-0.4, -0.2) is 64.4 Å². The number of anilines is 1. The van der Waals surface area contributed by atoms with E-state index in [1.54, 1.807) is 48.5 Å². The summed E-state index contributed by atoms with van der Waals surface area (Å²) in [6.45, 7) is 14.8. The molecule has 0 aliphatic rings. The first-order valence-electron chi connectivity index (χ1n) is 13.3. The fourth-order valence-corrected chi connectivity index (χ4v) is 3.44. The van der Waals surface area contributed by atoms with E-state index in [-0.39, 0.29) is 17.5 Å². The van der Waals surface area contributed by atoms with Gasteiger partial charge in [-0.05, 0) is 58.6 Å². The summed E-state index contributed by atoms with van der Waals surface area (Å²) in [5, 5.41) is 23.5. The largest absolute Gasteiger partial charge is 0.444 e. The number of hydrogen-bond donors (Lipinski definition) is 5. The summed E-state index contributed by atoms with van der Waals surface area (Å²) >= 11 is 0. The number of amides is 5. The van der Waals surface area contributed by atoms with Gasteiger partial charge in [0.15, 0.2) is 0 Å². The van der Waals surface area contributed by atoms with Crippen LogP contribution < -0.4 is 26.6 Å². The summed E-state index contributed by atoms with van der Waals surface area (Å²) in [6, 6.07) is 1.13. The van der Waals surface area contributed by atoms with E-state index < -0.39 is 64.4 Å². The first kappa shape index (κ1) is 34.8. The molecule has 0 aliphatic heterocycles. The lowest BCUT2D eigenvalue weighted by Gasteiger charge is -2.28. The number of carbonyl (C=O) groups excluding carboxylic acids is 5. The maximum atomic E-state index is 13.0. The molecule has 0 aliphatic carbocycles. The van der Waals surface area contributed by atoms with Gasteiger partial charge in [-0.1, -0.05) is 27.7 Å². The molecule has 0 heterocycles. The number of hydrogen-bond acceptors (Lipinski definition) is 8. The lowest BCUT2D eigenvalue weighted by atomic mass is 9.99. The van der Waals surface area contributed by atoms with Crippen LogP contribution in [0.15, 0.2) is 24.3 Å². The van der Waals surface area contributed by atoms with Crippen LogP contribution in [0, 0.1) is 22.0 Å². The number of rotatable bonds is 12. The lowest BCUT2D eigenvalue weighted by Crippen LogP contribution is -2.59. The molecule has 0 spiro atoms. The Hall–Kier alpha value is -4.23. The fraction of sp³-hybridized carbons (Fsp3) is 0.593. The summed E-state index contributed by atoms with van der Waals surface area (Å²) in [7, 11) is 0. The van der Waals surface area contributed by atoms with E-state index in [2.05, 4.69) is 26.6 Å². The predicted octanol–water partition coefficient (Wildman–Crippen LogP) is 2.23. The predicted molar refractivity (Wildman–Crippen MR) is 152 cm³/mol. The number of nitro benzene ring substituents is 1.